The van der Waals surface area contributed by atoms with E-state index in [9.17, 15) is 0 Å². The lowest BCUT2D eigenvalue weighted by molar-refractivity contribution is -0.0399. The highest BCUT2D eigenvalue weighted by Crippen LogP contribution is 2.69. The number of nitrogens with zero attached hydrogens (tertiary/aromatic N) is 1. The highest BCUT2D eigenvalue weighted by molar-refractivity contribution is 5.92. The van der Waals surface area contributed by atoms with Gasteiger partial charge in [0.25, 0.3) is 0 Å². The molecular weight excluding hydrogens is 615 g/mol. The Labute approximate surface area is 301 Å². The summed E-state index contributed by atoms with van der Waals surface area (Å²) in [6.45, 7) is 0. The van der Waals surface area contributed by atoms with E-state index in [0.717, 1.165) is 23.7 Å². The summed E-state index contributed by atoms with van der Waals surface area (Å²) in [5, 5.41) is 2.54. The van der Waals surface area contributed by atoms with Crippen LogP contribution in [0, 0.1) is 23.7 Å². The van der Waals surface area contributed by atoms with Crippen LogP contribution in [0.3, 0.4) is 0 Å². The molecule has 0 radical (unpaired) electrons. The molecule has 1 nitrogen and oxygen atoms in total. The fourth-order valence-electron chi connectivity index (χ4n) is 11.4. The zero-order valence-electron chi connectivity index (χ0n) is 28.9. The summed E-state index contributed by atoms with van der Waals surface area (Å²) >= 11 is 0. The van der Waals surface area contributed by atoms with Gasteiger partial charge in [-0.2, -0.15) is 0 Å². The second-order valence-electron chi connectivity index (χ2n) is 15.8. The van der Waals surface area contributed by atoms with E-state index in [1.54, 1.807) is 11.1 Å². The van der Waals surface area contributed by atoms with Crippen molar-refractivity contribution in [3.8, 4) is 33.4 Å². The number of hydrogen-bond acceptors (Lipinski definition) is 1. The van der Waals surface area contributed by atoms with Crippen molar-refractivity contribution in [3.63, 3.8) is 0 Å². The smallest absolute Gasteiger partial charge is 0.0540 e. The van der Waals surface area contributed by atoms with Crippen molar-refractivity contribution in [3.05, 3.63) is 175 Å². The van der Waals surface area contributed by atoms with E-state index in [4.69, 9.17) is 0 Å². The van der Waals surface area contributed by atoms with Gasteiger partial charge < -0.3 is 4.90 Å². The van der Waals surface area contributed by atoms with Gasteiger partial charge in [0.15, 0.2) is 0 Å². The zero-order chi connectivity index (χ0) is 33.5. The summed E-state index contributed by atoms with van der Waals surface area (Å²) in [6.07, 6.45) is 7.02. The summed E-state index contributed by atoms with van der Waals surface area (Å²) < 4.78 is 0. The number of para-hydroxylation sites is 1. The Hall–Kier alpha value is -5.40. The minimum atomic E-state index is 0.118. The normalized spacial score (nSPS) is 23.8. The lowest BCUT2D eigenvalue weighted by Gasteiger charge is -2.61. The summed E-state index contributed by atoms with van der Waals surface area (Å²) in [7, 11) is 0. The van der Waals surface area contributed by atoms with Crippen LogP contribution in [0.2, 0.25) is 0 Å². The Kier molecular flexibility index (Phi) is 6.50. The maximum absolute atomic E-state index is 2.63. The first-order valence-electron chi connectivity index (χ1n) is 19.0. The molecule has 0 amide bonds. The molecule has 0 unspecified atom stereocenters. The summed E-state index contributed by atoms with van der Waals surface area (Å²) in [4.78, 5) is 2.54. The van der Waals surface area contributed by atoms with E-state index in [1.807, 2.05) is 0 Å². The van der Waals surface area contributed by atoms with Crippen molar-refractivity contribution < 1.29 is 0 Å². The van der Waals surface area contributed by atoms with Crippen molar-refractivity contribution in [2.45, 2.75) is 37.5 Å². The Balaban J connectivity index is 1.13. The third-order valence-corrected chi connectivity index (χ3v) is 13.2. The molecule has 5 aliphatic carbocycles. The van der Waals surface area contributed by atoms with Gasteiger partial charge in [-0.25, -0.2) is 0 Å². The van der Waals surface area contributed by atoms with Crippen molar-refractivity contribution in [1.82, 2.24) is 0 Å². The molecule has 51 heavy (non-hydrogen) atoms. The lowest BCUT2D eigenvalue weighted by atomic mass is 9.43. The highest BCUT2D eigenvalue weighted by atomic mass is 15.1. The predicted octanol–water partition coefficient (Wildman–Crippen LogP) is 13.4. The minimum absolute atomic E-state index is 0.118. The molecular formula is C50H41N. The molecule has 0 N–H and O–H groups in total. The van der Waals surface area contributed by atoms with Crippen molar-refractivity contribution in [2.24, 2.45) is 23.7 Å². The van der Waals surface area contributed by atoms with Gasteiger partial charge in [0.05, 0.1) is 5.69 Å². The first-order valence-corrected chi connectivity index (χ1v) is 19.0. The second-order valence-corrected chi connectivity index (χ2v) is 15.8. The number of hydrogen-bond donors (Lipinski definition) is 0. The van der Waals surface area contributed by atoms with E-state index in [1.165, 1.54) is 93.3 Å². The maximum Gasteiger partial charge on any atom is 0.0540 e. The van der Waals surface area contributed by atoms with Gasteiger partial charge >= 0.3 is 0 Å². The van der Waals surface area contributed by atoms with Crippen LogP contribution in [0.1, 0.15) is 43.2 Å². The van der Waals surface area contributed by atoms with Crippen molar-refractivity contribution in [2.75, 3.05) is 4.90 Å². The highest BCUT2D eigenvalue weighted by Gasteiger charge is 2.61. The monoisotopic (exact) mass is 655 g/mol. The van der Waals surface area contributed by atoms with Crippen LogP contribution >= 0.6 is 0 Å². The average Bonchev–Trinajstić information content (AvgIpc) is 3.47. The molecule has 0 saturated heterocycles. The largest absolute Gasteiger partial charge is 0.310 e. The lowest BCUT2D eigenvalue weighted by Crippen LogP contribution is -2.55. The molecule has 7 aromatic carbocycles. The van der Waals surface area contributed by atoms with E-state index >= 15 is 0 Å². The Morgan fingerprint density at radius 1 is 0.392 bits per heavy atom. The zero-order valence-corrected chi connectivity index (χ0v) is 28.9. The molecule has 4 saturated carbocycles. The molecule has 5 aliphatic rings. The maximum atomic E-state index is 2.63. The molecule has 1 heteroatoms. The molecule has 12 rings (SSSR count). The van der Waals surface area contributed by atoms with E-state index in [2.05, 4.69) is 169 Å². The fourth-order valence-corrected chi connectivity index (χ4v) is 11.4. The van der Waals surface area contributed by atoms with Crippen LogP contribution in [0.25, 0.3) is 44.2 Å². The molecule has 7 aromatic rings. The fraction of sp³-hybridized carbons (Fsp3) is 0.200. The molecule has 246 valence electrons. The molecule has 0 atom stereocenters. The van der Waals surface area contributed by atoms with Crippen LogP contribution in [-0.2, 0) is 5.41 Å². The van der Waals surface area contributed by atoms with E-state index in [0.29, 0.717) is 0 Å². The van der Waals surface area contributed by atoms with E-state index in [-0.39, 0.29) is 5.41 Å². The minimum Gasteiger partial charge on any atom is -0.310 e. The molecule has 0 aliphatic heterocycles. The van der Waals surface area contributed by atoms with Crippen LogP contribution in [0.4, 0.5) is 17.1 Å². The quantitative estimate of drug-likeness (QED) is 0.178. The Morgan fingerprint density at radius 3 is 1.84 bits per heavy atom. The standard InChI is InChI=1S/C50H41N/c1-2-12-36(13-3-1)44-17-7-9-20-49(44)51(42-16-10-15-38(31-42)39-22-21-35-11-4-5-14-37(35)30-39)43-23-24-46-45-18-6-8-19-47(45)50(48(46)32-43)40-26-33-25-34(28-40)29-41(50)27-33/h1-24,30-34,40-41H,25-29H2. The van der Waals surface area contributed by atoms with Gasteiger partial charge in [-0.1, -0.05) is 127 Å². The third-order valence-electron chi connectivity index (χ3n) is 13.2. The molecule has 0 heterocycles. The first kappa shape index (κ1) is 29.3. The Bertz CT molecular complexity index is 2430. The summed E-state index contributed by atoms with van der Waals surface area (Å²) in [5.74, 6) is 3.30. The SMILES string of the molecule is c1ccc(-c2ccccc2N(c2cccc(-c3ccc4ccccc4c3)c2)c2ccc3c(c2)C2(c4ccccc4-3)C3CC4CC(C3)CC2C4)cc1. The second kappa shape index (κ2) is 11.3. The van der Waals surface area contributed by atoms with Gasteiger partial charge in [0.2, 0.25) is 0 Å². The van der Waals surface area contributed by atoms with Gasteiger partial charge in [-0.05, 0) is 142 Å². The number of anilines is 3. The molecule has 0 aromatic heterocycles. The van der Waals surface area contributed by atoms with Gasteiger partial charge in [-0.15, -0.1) is 0 Å². The van der Waals surface area contributed by atoms with Crippen LogP contribution in [-0.4, -0.2) is 0 Å². The summed E-state index contributed by atoms with van der Waals surface area (Å²) in [6, 6.07) is 61.5. The summed E-state index contributed by atoms with van der Waals surface area (Å²) in [5.41, 5.74) is 14.8. The Morgan fingerprint density at radius 2 is 1.02 bits per heavy atom. The van der Waals surface area contributed by atoms with Gasteiger partial charge in [0.1, 0.15) is 0 Å². The average molecular weight is 656 g/mol. The molecule has 4 fully saturated rings. The number of fused-ring (bicyclic) bond motifs is 4. The first-order chi connectivity index (χ1) is 25.2. The van der Waals surface area contributed by atoms with Crippen LogP contribution in [0.5, 0.6) is 0 Å². The van der Waals surface area contributed by atoms with Crippen molar-refractivity contribution >= 4 is 27.8 Å². The molecule has 4 bridgehead atoms. The van der Waals surface area contributed by atoms with Gasteiger partial charge in [0, 0.05) is 22.4 Å². The third kappa shape index (κ3) is 4.40. The predicted molar refractivity (Wildman–Crippen MR) is 213 cm³/mol. The van der Waals surface area contributed by atoms with Crippen LogP contribution < -0.4 is 4.90 Å². The van der Waals surface area contributed by atoms with Crippen LogP contribution in [0.15, 0.2) is 164 Å². The van der Waals surface area contributed by atoms with E-state index < -0.39 is 0 Å². The van der Waals surface area contributed by atoms with Crippen molar-refractivity contribution in [1.29, 1.82) is 0 Å². The number of rotatable bonds is 5. The van der Waals surface area contributed by atoms with Gasteiger partial charge in [-0.3, -0.25) is 0 Å². The molecule has 1 spiro atoms. The topological polar surface area (TPSA) is 3.24 Å². The number of benzene rings is 7.